The minimum absolute atomic E-state index is 0.0832. The molecule has 6 heteroatoms. The first-order valence-electron chi connectivity index (χ1n) is 9.95. The van der Waals surface area contributed by atoms with Gasteiger partial charge < -0.3 is 4.90 Å². The largest absolute Gasteiger partial charge is 0.309 e. The molecule has 0 saturated heterocycles. The average Bonchev–Trinajstić information content (AvgIpc) is 3.47. The Hall–Kier alpha value is -2.18. The Kier molecular flexibility index (Phi) is 5.25. The number of aryl methyl sites for hydroxylation is 1. The summed E-state index contributed by atoms with van der Waals surface area (Å²) in [5.74, 6) is 0.337. The lowest BCUT2D eigenvalue weighted by Gasteiger charge is -2.22. The molecule has 0 radical (unpaired) electrons. The second-order valence-corrected chi connectivity index (χ2v) is 9.58. The van der Waals surface area contributed by atoms with Crippen LogP contribution in [-0.4, -0.2) is 26.9 Å². The average molecular weight is 399 g/mol. The van der Waals surface area contributed by atoms with E-state index in [1.807, 2.05) is 42.2 Å². The number of hydrogen-bond donors (Lipinski definition) is 1. The molecule has 0 aromatic heterocycles. The minimum Gasteiger partial charge on any atom is -0.309 e. The summed E-state index contributed by atoms with van der Waals surface area (Å²) in [6.07, 6.45) is 4.22. The maximum absolute atomic E-state index is 12.7. The number of nitrogens with zero attached hydrogens (tertiary/aromatic N) is 1. The highest BCUT2D eigenvalue weighted by molar-refractivity contribution is 7.89. The molecule has 2 aromatic carbocycles. The van der Waals surface area contributed by atoms with Gasteiger partial charge in [0, 0.05) is 24.2 Å². The van der Waals surface area contributed by atoms with Crippen molar-refractivity contribution >= 4 is 21.6 Å². The predicted octanol–water partition coefficient (Wildman–Crippen LogP) is 3.29. The fourth-order valence-electron chi connectivity index (χ4n) is 3.86. The van der Waals surface area contributed by atoms with Crippen LogP contribution >= 0.6 is 0 Å². The molecule has 1 unspecified atom stereocenters. The fraction of sp³-hybridized carbons (Fsp3) is 0.409. The Morgan fingerprint density at radius 1 is 1.14 bits per heavy atom. The number of anilines is 1. The normalized spacial score (nSPS) is 18.9. The lowest BCUT2D eigenvalue weighted by molar-refractivity contribution is -0.120. The van der Waals surface area contributed by atoms with Crippen molar-refractivity contribution in [2.45, 2.75) is 50.0 Å². The van der Waals surface area contributed by atoms with Crippen LogP contribution in [0.1, 0.15) is 37.3 Å². The van der Waals surface area contributed by atoms with E-state index in [4.69, 9.17) is 0 Å². The third-order valence-electron chi connectivity index (χ3n) is 5.52. The van der Waals surface area contributed by atoms with E-state index in [-0.39, 0.29) is 22.8 Å². The van der Waals surface area contributed by atoms with Gasteiger partial charge in [0.25, 0.3) is 0 Å². The number of rotatable bonds is 7. The lowest BCUT2D eigenvalue weighted by Crippen LogP contribution is -2.36. The van der Waals surface area contributed by atoms with Crippen molar-refractivity contribution in [2.24, 2.45) is 5.92 Å². The zero-order chi connectivity index (χ0) is 19.7. The lowest BCUT2D eigenvalue weighted by atomic mass is 10.1. The molecule has 0 bridgehead atoms. The van der Waals surface area contributed by atoms with Crippen molar-refractivity contribution in [1.29, 1.82) is 0 Å². The number of hydrogen-bond acceptors (Lipinski definition) is 3. The Labute approximate surface area is 166 Å². The van der Waals surface area contributed by atoms with Crippen LogP contribution in [0.25, 0.3) is 0 Å². The number of fused-ring (bicyclic) bond motifs is 1. The van der Waals surface area contributed by atoms with Gasteiger partial charge >= 0.3 is 0 Å². The number of nitrogens with one attached hydrogen (secondary N) is 1. The van der Waals surface area contributed by atoms with Gasteiger partial charge in [0.1, 0.15) is 0 Å². The Morgan fingerprint density at radius 2 is 1.89 bits per heavy atom. The molecule has 1 aliphatic carbocycles. The zero-order valence-corrected chi connectivity index (χ0v) is 16.9. The summed E-state index contributed by atoms with van der Waals surface area (Å²) in [4.78, 5) is 14.7. The van der Waals surface area contributed by atoms with Gasteiger partial charge in [-0.15, -0.1) is 0 Å². The second kappa shape index (κ2) is 7.68. The summed E-state index contributed by atoms with van der Waals surface area (Å²) < 4.78 is 28.0. The van der Waals surface area contributed by atoms with Crippen molar-refractivity contribution in [1.82, 2.24) is 4.72 Å². The molecular formula is C22H26N2O3S. The molecule has 1 amide bonds. The molecule has 4 rings (SSSR count). The summed E-state index contributed by atoms with van der Waals surface area (Å²) in [5, 5.41) is 0. The quantitative estimate of drug-likeness (QED) is 0.728. The van der Waals surface area contributed by atoms with E-state index in [1.165, 1.54) is 5.56 Å². The van der Waals surface area contributed by atoms with Crippen LogP contribution in [0.15, 0.2) is 53.4 Å². The first-order valence-corrected chi connectivity index (χ1v) is 11.4. The minimum atomic E-state index is -3.55. The molecular weight excluding hydrogens is 372 g/mol. The first-order chi connectivity index (χ1) is 13.5. The van der Waals surface area contributed by atoms with E-state index in [1.54, 1.807) is 18.2 Å². The van der Waals surface area contributed by atoms with Crippen molar-refractivity contribution in [3.63, 3.8) is 0 Å². The highest BCUT2D eigenvalue weighted by Gasteiger charge is 2.39. The molecule has 1 aliphatic heterocycles. The molecule has 5 nitrogen and oxygen atoms in total. The van der Waals surface area contributed by atoms with E-state index in [0.717, 1.165) is 36.9 Å². The summed E-state index contributed by atoms with van der Waals surface area (Å²) in [7, 11) is -3.55. The van der Waals surface area contributed by atoms with Gasteiger partial charge in [-0.2, -0.15) is 0 Å². The van der Waals surface area contributed by atoms with Crippen molar-refractivity contribution < 1.29 is 13.2 Å². The van der Waals surface area contributed by atoms with Crippen molar-refractivity contribution in [2.75, 3.05) is 11.4 Å². The van der Waals surface area contributed by atoms with Gasteiger partial charge in [-0.3, -0.25) is 4.79 Å². The highest BCUT2D eigenvalue weighted by Crippen LogP contribution is 2.39. The van der Waals surface area contributed by atoms with E-state index in [2.05, 4.69) is 4.72 Å². The van der Waals surface area contributed by atoms with E-state index >= 15 is 0 Å². The molecule has 1 N–H and O–H groups in total. The molecule has 2 aromatic rings. The van der Waals surface area contributed by atoms with Crippen LogP contribution in [-0.2, 0) is 27.7 Å². The Bertz CT molecular complexity index is 969. The smallest absolute Gasteiger partial charge is 0.240 e. The van der Waals surface area contributed by atoms with Crippen LogP contribution in [0.3, 0.4) is 0 Å². The summed E-state index contributed by atoms with van der Waals surface area (Å²) in [6, 6.07) is 15.3. The Balaban J connectivity index is 1.41. The number of sulfonamides is 1. The molecule has 1 fully saturated rings. The maximum Gasteiger partial charge on any atom is 0.240 e. The van der Waals surface area contributed by atoms with E-state index in [9.17, 15) is 13.2 Å². The topological polar surface area (TPSA) is 66.5 Å². The van der Waals surface area contributed by atoms with Gasteiger partial charge in [-0.1, -0.05) is 30.3 Å². The number of carbonyl (C=O) groups is 1. The van der Waals surface area contributed by atoms with Gasteiger partial charge in [0.15, 0.2) is 0 Å². The van der Waals surface area contributed by atoms with Crippen LogP contribution in [0, 0.1) is 5.92 Å². The zero-order valence-electron chi connectivity index (χ0n) is 16.1. The molecule has 28 heavy (non-hydrogen) atoms. The van der Waals surface area contributed by atoms with Crippen LogP contribution in [0.4, 0.5) is 5.69 Å². The monoisotopic (exact) mass is 398 g/mol. The third kappa shape index (κ3) is 3.98. The molecule has 148 valence electrons. The first kappa shape index (κ1) is 19.2. The predicted molar refractivity (Wildman–Crippen MR) is 110 cm³/mol. The van der Waals surface area contributed by atoms with E-state index in [0.29, 0.717) is 13.0 Å². The highest BCUT2D eigenvalue weighted by atomic mass is 32.2. The molecule has 1 heterocycles. The molecule has 2 aliphatic rings. The van der Waals surface area contributed by atoms with E-state index < -0.39 is 10.0 Å². The molecule has 1 saturated carbocycles. The van der Waals surface area contributed by atoms with Crippen LogP contribution in [0.2, 0.25) is 0 Å². The number of amides is 1. The third-order valence-corrected chi connectivity index (χ3v) is 6.98. The van der Waals surface area contributed by atoms with Crippen LogP contribution < -0.4 is 9.62 Å². The van der Waals surface area contributed by atoms with Gasteiger partial charge in [-0.05, 0) is 68.4 Å². The Morgan fingerprint density at radius 3 is 2.61 bits per heavy atom. The summed E-state index contributed by atoms with van der Waals surface area (Å²) in [6.45, 7) is 2.42. The van der Waals surface area contributed by atoms with Gasteiger partial charge in [-0.25, -0.2) is 13.1 Å². The second-order valence-electron chi connectivity index (χ2n) is 7.81. The van der Waals surface area contributed by atoms with Crippen molar-refractivity contribution in [3.05, 3.63) is 59.7 Å². The summed E-state index contributed by atoms with van der Waals surface area (Å²) >= 11 is 0. The number of carbonyl (C=O) groups excluding carboxylic acids is 1. The van der Waals surface area contributed by atoms with Gasteiger partial charge in [0.2, 0.25) is 15.9 Å². The van der Waals surface area contributed by atoms with Crippen molar-refractivity contribution in [3.8, 4) is 0 Å². The van der Waals surface area contributed by atoms with Gasteiger partial charge in [0.05, 0.1) is 4.90 Å². The standard InChI is InChI=1S/C22H26N2O3S/c1-16-14-19-15-20(11-12-21(19)24(16)22(25)18-9-10-18)28(26,27)23-13-5-8-17-6-3-2-4-7-17/h2-4,6-7,11-12,15-16,18,23H,5,8-10,13-14H2,1H3. The fourth-order valence-corrected chi connectivity index (χ4v) is 4.99. The number of benzene rings is 2. The molecule has 0 spiro atoms. The maximum atomic E-state index is 12.7. The SMILES string of the molecule is CC1Cc2cc(S(=O)(=O)NCCCc3ccccc3)ccc2N1C(=O)C1CC1. The van der Waals surface area contributed by atoms with Crippen LogP contribution in [0.5, 0.6) is 0 Å². The molecule has 1 atom stereocenters. The summed E-state index contributed by atoms with van der Waals surface area (Å²) in [5.41, 5.74) is 3.01.